The summed E-state index contributed by atoms with van der Waals surface area (Å²) in [4.78, 5) is 12.2. The minimum atomic E-state index is -0.451. The molecule has 0 unspecified atom stereocenters. The molecular weight excluding hydrogens is 244 g/mol. The number of nitrogen functional groups attached to an aromatic ring is 1. The Balaban J connectivity index is 2.14. The van der Waals surface area contributed by atoms with Crippen molar-refractivity contribution in [3.8, 4) is 5.75 Å². The summed E-state index contributed by atoms with van der Waals surface area (Å²) in [6.45, 7) is 2.36. The number of hydrogen-bond donors (Lipinski definition) is 3. The Kier molecular flexibility index (Phi) is 3.95. The number of amides is 1. The molecule has 104 valence electrons. The van der Waals surface area contributed by atoms with Crippen LogP contribution in [0.3, 0.4) is 0 Å². The molecule has 1 saturated carbocycles. The summed E-state index contributed by atoms with van der Waals surface area (Å²) in [6, 6.07) is 4.96. The van der Waals surface area contributed by atoms with Crippen LogP contribution in [0.2, 0.25) is 0 Å². The van der Waals surface area contributed by atoms with Gasteiger partial charge in [-0.25, -0.2) is 0 Å². The highest BCUT2D eigenvalue weighted by atomic mass is 16.5. The van der Waals surface area contributed by atoms with Crippen LogP contribution in [-0.2, 0) is 0 Å². The molecule has 5 nitrogen and oxygen atoms in total. The third-order valence-electron chi connectivity index (χ3n) is 3.49. The fourth-order valence-electron chi connectivity index (χ4n) is 2.24. The Bertz CT molecular complexity index is 464. The van der Waals surface area contributed by atoms with Gasteiger partial charge in [-0.3, -0.25) is 4.79 Å². The zero-order chi connectivity index (χ0) is 13.9. The van der Waals surface area contributed by atoms with E-state index in [4.69, 9.17) is 10.5 Å². The summed E-state index contributed by atoms with van der Waals surface area (Å²) in [5.41, 5.74) is 6.26. The fourth-order valence-corrected chi connectivity index (χ4v) is 2.24. The molecule has 0 atom stereocenters. The number of carbonyl (C=O) groups excluding carboxylic acids is 1. The van der Waals surface area contributed by atoms with Crippen LogP contribution in [0.15, 0.2) is 18.2 Å². The summed E-state index contributed by atoms with van der Waals surface area (Å²) < 4.78 is 5.36. The van der Waals surface area contributed by atoms with Gasteiger partial charge in [0, 0.05) is 17.3 Å². The van der Waals surface area contributed by atoms with Crippen LogP contribution < -0.4 is 15.8 Å². The maximum Gasteiger partial charge on any atom is 0.252 e. The molecule has 5 heteroatoms. The molecule has 1 aromatic rings. The number of rotatable bonds is 5. The van der Waals surface area contributed by atoms with Crippen molar-refractivity contribution in [2.45, 2.75) is 31.7 Å². The van der Waals surface area contributed by atoms with E-state index in [0.717, 1.165) is 19.3 Å². The highest BCUT2D eigenvalue weighted by molar-refractivity contribution is 5.96. The number of nitrogens with two attached hydrogens (primary N) is 1. The SMILES string of the molecule is CCOc1cc(N)cc(C(=O)NC2(CO)CCC2)c1. The average molecular weight is 264 g/mol. The number of nitrogens with one attached hydrogen (secondary N) is 1. The van der Waals surface area contributed by atoms with E-state index < -0.39 is 5.54 Å². The van der Waals surface area contributed by atoms with Crippen molar-refractivity contribution in [1.29, 1.82) is 0 Å². The van der Waals surface area contributed by atoms with Crippen LogP contribution >= 0.6 is 0 Å². The molecule has 1 fully saturated rings. The number of aliphatic hydroxyl groups is 1. The zero-order valence-electron chi connectivity index (χ0n) is 11.1. The van der Waals surface area contributed by atoms with E-state index in [1.54, 1.807) is 18.2 Å². The van der Waals surface area contributed by atoms with Crippen molar-refractivity contribution in [2.75, 3.05) is 18.9 Å². The molecule has 1 amide bonds. The number of aliphatic hydroxyl groups excluding tert-OH is 1. The van der Waals surface area contributed by atoms with Gasteiger partial charge in [-0.05, 0) is 38.3 Å². The van der Waals surface area contributed by atoms with Gasteiger partial charge in [0.15, 0.2) is 0 Å². The van der Waals surface area contributed by atoms with E-state index in [9.17, 15) is 9.90 Å². The van der Waals surface area contributed by atoms with Crippen LogP contribution in [0.1, 0.15) is 36.5 Å². The van der Waals surface area contributed by atoms with Crippen molar-refractivity contribution in [2.24, 2.45) is 0 Å². The summed E-state index contributed by atoms with van der Waals surface area (Å²) in [5.74, 6) is 0.362. The fraction of sp³-hybridized carbons (Fsp3) is 0.500. The maximum atomic E-state index is 12.2. The van der Waals surface area contributed by atoms with Gasteiger partial charge >= 0.3 is 0 Å². The quantitative estimate of drug-likeness (QED) is 0.700. The molecule has 0 heterocycles. The molecule has 0 saturated heterocycles. The lowest BCUT2D eigenvalue weighted by atomic mass is 9.77. The normalized spacial score (nSPS) is 16.5. The molecule has 1 aliphatic carbocycles. The van der Waals surface area contributed by atoms with Crippen molar-refractivity contribution in [3.05, 3.63) is 23.8 Å². The number of benzene rings is 1. The monoisotopic (exact) mass is 264 g/mol. The molecular formula is C14H20N2O3. The summed E-state index contributed by atoms with van der Waals surface area (Å²) in [6.07, 6.45) is 2.66. The predicted molar refractivity (Wildman–Crippen MR) is 73.2 cm³/mol. The molecule has 1 aliphatic rings. The molecule has 0 bridgehead atoms. The second kappa shape index (κ2) is 5.48. The number of anilines is 1. The molecule has 19 heavy (non-hydrogen) atoms. The number of hydrogen-bond acceptors (Lipinski definition) is 4. The van der Waals surface area contributed by atoms with E-state index in [-0.39, 0.29) is 12.5 Å². The van der Waals surface area contributed by atoms with Crippen molar-refractivity contribution in [3.63, 3.8) is 0 Å². The van der Waals surface area contributed by atoms with E-state index in [1.807, 2.05) is 6.92 Å². The van der Waals surface area contributed by atoms with Gasteiger partial charge in [-0.1, -0.05) is 0 Å². The van der Waals surface area contributed by atoms with Crippen LogP contribution in [0.5, 0.6) is 5.75 Å². The largest absolute Gasteiger partial charge is 0.494 e. The van der Waals surface area contributed by atoms with Gasteiger partial charge < -0.3 is 20.9 Å². The molecule has 1 aromatic carbocycles. The van der Waals surface area contributed by atoms with Crippen molar-refractivity contribution >= 4 is 11.6 Å². The second-order valence-electron chi connectivity index (χ2n) is 4.97. The molecule has 0 spiro atoms. The Labute approximate surface area is 112 Å². The minimum absolute atomic E-state index is 0.0284. The van der Waals surface area contributed by atoms with E-state index in [0.29, 0.717) is 23.6 Å². The lowest BCUT2D eigenvalue weighted by Crippen LogP contribution is -2.56. The second-order valence-corrected chi connectivity index (χ2v) is 4.97. The van der Waals surface area contributed by atoms with Crippen LogP contribution in [0.4, 0.5) is 5.69 Å². The average Bonchev–Trinajstić information content (AvgIpc) is 2.33. The van der Waals surface area contributed by atoms with Crippen molar-refractivity contribution < 1.29 is 14.6 Å². The van der Waals surface area contributed by atoms with Crippen molar-refractivity contribution in [1.82, 2.24) is 5.32 Å². The van der Waals surface area contributed by atoms with E-state index in [2.05, 4.69) is 5.32 Å². The van der Waals surface area contributed by atoms with Crippen LogP contribution in [0, 0.1) is 0 Å². The third-order valence-corrected chi connectivity index (χ3v) is 3.49. The Morgan fingerprint density at radius 1 is 1.47 bits per heavy atom. The smallest absolute Gasteiger partial charge is 0.252 e. The zero-order valence-corrected chi connectivity index (χ0v) is 11.1. The van der Waals surface area contributed by atoms with Gasteiger partial charge in [0.1, 0.15) is 5.75 Å². The molecule has 2 rings (SSSR count). The lowest BCUT2D eigenvalue weighted by molar-refractivity contribution is 0.0641. The number of ether oxygens (including phenoxy) is 1. The summed E-state index contributed by atoms with van der Waals surface area (Å²) >= 11 is 0. The predicted octanol–water partition coefficient (Wildman–Crippen LogP) is 1.31. The van der Waals surface area contributed by atoms with Crippen LogP contribution in [-0.4, -0.2) is 29.8 Å². The molecule has 0 aliphatic heterocycles. The molecule has 4 N–H and O–H groups in total. The van der Waals surface area contributed by atoms with Gasteiger partial charge in [0.2, 0.25) is 0 Å². The van der Waals surface area contributed by atoms with E-state index >= 15 is 0 Å². The first-order valence-corrected chi connectivity index (χ1v) is 6.55. The van der Waals surface area contributed by atoms with Crippen LogP contribution in [0.25, 0.3) is 0 Å². The first kappa shape index (κ1) is 13.7. The summed E-state index contributed by atoms with van der Waals surface area (Å²) in [7, 11) is 0. The van der Waals surface area contributed by atoms with Gasteiger partial charge in [-0.2, -0.15) is 0 Å². The van der Waals surface area contributed by atoms with E-state index in [1.165, 1.54) is 0 Å². The first-order valence-electron chi connectivity index (χ1n) is 6.55. The molecule has 0 radical (unpaired) electrons. The Morgan fingerprint density at radius 3 is 2.74 bits per heavy atom. The maximum absolute atomic E-state index is 12.2. The van der Waals surface area contributed by atoms with Gasteiger partial charge in [-0.15, -0.1) is 0 Å². The highest BCUT2D eigenvalue weighted by Crippen LogP contribution is 2.31. The number of carbonyl (C=O) groups is 1. The minimum Gasteiger partial charge on any atom is -0.494 e. The van der Waals surface area contributed by atoms with Gasteiger partial charge in [0.25, 0.3) is 5.91 Å². The lowest BCUT2D eigenvalue weighted by Gasteiger charge is -2.40. The standard InChI is InChI=1S/C14H20N2O3/c1-2-19-12-7-10(6-11(15)8-12)13(18)16-14(9-17)4-3-5-14/h6-8,17H,2-5,9,15H2,1H3,(H,16,18). The summed E-state index contributed by atoms with van der Waals surface area (Å²) in [5, 5.41) is 12.3. The van der Waals surface area contributed by atoms with Gasteiger partial charge in [0.05, 0.1) is 18.8 Å². The Morgan fingerprint density at radius 2 is 2.21 bits per heavy atom. The topological polar surface area (TPSA) is 84.6 Å². The highest BCUT2D eigenvalue weighted by Gasteiger charge is 2.37. The third kappa shape index (κ3) is 2.98. The molecule has 0 aromatic heterocycles. The Hall–Kier alpha value is -1.75. The first-order chi connectivity index (χ1) is 9.08.